The maximum Gasteiger partial charge on any atom is 0.307 e. The molecule has 0 aromatic heterocycles. The molecule has 0 heterocycles. The minimum atomic E-state index is -1.05. The number of carboxylic acid groups (broad SMARTS) is 1. The lowest BCUT2D eigenvalue weighted by atomic mass is 10.0. The van der Waals surface area contributed by atoms with Gasteiger partial charge in [0.2, 0.25) is 0 Å². The van der Waals surface area contributed by atoms with Crippen molar-refractivity contribution in [1.29, 1.82) is 0 Å². The third kappa shape index (κ3) is 3.09. The van der Waals surface area contributed by atoms with Gasteiger partial charge in [-0.05, 0) is 29.8 Å². The van der Waals surface area contributed by atoms with E-state index in [1.54, 1.807) is 0 Å². The summed E-state index contributed by atoms with van der Waals surface area (Å²) in [5, 5.41) is 8.85. The van der Waals surface area contributed by atoms with E-state index >= 15 is 0 Å². The first kappa shape index (κ1) is 13.5. The molecule has 19 heavy (non-hydrogen) atoms. The minimum absolute atomic E-state index is 0.0725. The van der Waals surface area contributed by atoms with Gasteiger partial charge in [-0.3, -0.25) is 4.79 Å². The Balaban J connectivity index is 2.43. The SMILES string of the molecule is O=C(O)Cc1ccc(-c2ccc(Cl)cc2F)c(F)c1. The van der Waals surface area contributed by atoms with E-state index in [0.29, 0.717) is 5.56 Å². The Labute approximate surface area is 113 Å². The van der Waals surface area contributed by atoms with Crippen molar-refractivity contribution in [3.05, 3.63) is 58.6 Å². The summed E-state index contributed by atoms with van der Waals surface area (Å²) < 4.78 is 27.6. The molecule has 0 amide bonds. The molecule has 2 nitrogen and oxygen atoms in total. The average molecular weight is 283 g/mol. The Morgan fingerprint density at radius 2 is 1.63 bits per heavy atom. The van der Waals surface area contributed by atoms with Crippen LogP contribution in [0, 0.1) is 11.6 Å². The predicted molar refractivity (Wildman–Crippen MR) is 68.1 cm³/mol. The fourth-order valence-electron chi connectivity index (χ4n) is 1.77. The standard InChI is InChI=1S/C14H9ClF2O2/c15-9-2-4-11(13(17)7-9)10-3-1-8(5-12(10)16)6-14(18)19/h1-5,7H,6H2,(H,18,19). The van der Waals surface area contributed by atoms with Crippen LogP contribution in [0.3, 0.4) is 0 Å². The summed E-state index contributed by atoms with van der Waals surface area (Å²) in [6, 6.07) is 7.86. The summed E-state index contributed by atoms with van der Waals surface area (Å²) in [5.41, 5.74) is 0.482. The lowest BCUT2D eigenvalue weighted by Crippen LogP contribution is -2.01. The third-order valence-electron chi connectivity index (χ3n) is 2.61. The number of carboxylic acids is 1. The van der Waals surface area contributed by atoms with E-state index in [1.165, 1.54) is 24.3 Å². The minimum Gasteiger partial charge on any atom is -0.481 e. The van der Waals surface area contributed by atoms with Gasteiger partial charge in [0.25, 0.3) is 0 Å². The highest BCUT2D eigenvalue weighted by Crippen LogP contribution is 2.28. The molecule has 0 unspecified atom stereocenters. The average Bonchev–Trinajstić information content (AvgIpc) is 2.30. The van der Waals surface area contributed by atoms with Crippen molar-refractivity contribution in [2.24, 2.45) is 0 Å². The summed E-state index contributed by atoms with van der Waals surface area (Å²) in [6.07, 6.45) is -0.277. The van der Waals surface area contributed by atoms with Crippen molar-refractivity contribution in [3.8, 4) is 11.1 Å². The number of hydrogen-bond acceptors (Lipinski definition) is 1. The normalized spacial score (nSPS) is 10.5. The van der Waals surface area contributed by atoms with Crippen LogP contribution >= 0.6 is 11.6 Å². The lowest BCUT2D eigenvalue weighted by molar-refractivity contribution is -0.136. The largest absolute Gasteiger partial charge is 0.481 e. The van der Waals surface area contributed by atoms with Crippen molar-refractivity contribution >= 4 is 17.6 Å². The summed E-state index contributed by atoms with van der Waals surface area (Å²) >= 11 is 5.63. The van der Waals surface area contributed by atoms with E-state index in [0.717, 1.165) is 12.1 Å². The first-order valence-corrected chi connectivity index (χ1v) is 5.81. The number of halogens is 3. The van der Waals surface area contributed by atoms with Crippen LogP contribution in [0.25, 0.3) is 11.1 Å². The molecule has 0 atom stereocenters. The van der Waals surface area contributed by atoms with Crippen molar-refractivity contribution in [2.45, 2.75) is 6.42 Å². The van der Waals surface area contributed by atoms with E-state index in [4.69, 9.17) is 16.7 Å². The smallest absolute Gasteiger partial charge is 0.307 e. The lowest BCUT2D eigenvalue weighted by Gasteiger charge is -2.07. The highest BCUT2D eigenvalue weighted by Gasteiger charge is 2.12. The van der Waals surface area contributed by atoms with Gasteiger partial charge in [0.1, 0.15) is 11.6 Å². The maximum absolute atomic E-state index is 13.9. The van der Waals surface area contributed by atoms with Gasteiger partial charge < -0.3 is 5.11 Å². The molecule has 2 aromatic rings. The van der Waals surface area contributed by atoms with Crippen LogP contribution < -0.4 is 0 Å². The molecule has 0 saturated heterocycles. The van der Waals surface area contributed by atoms with E-state index in [-0.39, 0.29) is 22.6 Å². The van der Waals surface area contributed by atoms with Crippen LogP contribution in [-0.4, -0.2) is 11.1 Å². The molecule has 2 rings (SSSR count). The Kier molecular flexibility index (Phi) is 3.81. The van der Waals surface area contributed by atoms with E-state index in [2.05, 4.69) is 0 Å². The fraction of sp³-hybridized carbons (Fsp3) is 0.0714. The molecule has 98 valence electrons. The van der Waals surface area contributed by atoms with Crippen LogP contribution in [0.15, 0.2) is 36.4 Å². The molecule has 0 fully saturated rings. The molecule has 0 aliphatic rings. The molecule has 0 saturated carbocycles. The van der Waals surface area contributed by atoms with Crippen LogP contribution in [0.1, 0.15) is 5.56 Å². The van der Waals surface area contributed by atoms with Gasteiger partial charge in [-0.15, -0.1) is 0 Å². The number of benzene rings is 2. The Morgan fingerprint density at radius 3 is 2.16 bits per heavy atom. The molecular formula is C14H9ClF2O2. The second-order valence-corrected chi connectivity index (χ2v) is 4.45. The van der Waals surface area contributed by atoms with Gasteiger partial charge in [-0.1, -0.05) is 23.7 Å². The zero-order chi connectivity index (χ0) is 14.0. The highest BCUT2D eigenvalue weighted by atomic mass is 35.5. The summed E-state index contributed by atoms with van der Waals surface area (Å²) in [6.45, 7) is 0. The first-order chi connectivity index (χ1) is 8.97. The quantitative estimate of drug-likeness (QED) is 0.926. The van der Waals surface area contributed by atoms with Crippen LogP contribution in [0.5, 0.6) is 0 Å². The fourth-order valence-corrected chi connectivity index (χ4v) is 1.93. The maximum atomic E-state index is 13.9. The number of rotatable bonds is 3. The molecule has 0 spiro atoms. The summed E-state index contributed by atoms with van der Waals surface area (Å²) in [5.74, 6) is -2.35. The molecule has 0 aliphatic heterocycles. The van der Waals surface area contributed by atoms with Crippen molar-refractivity contribution in [2.75, 3.05) is 0 Å². The molecule has 5 heteroatoms. The van der Waals surface area contributed by atoms with Gasteiger partial charge >= 0.3 is 5.97 Å². The Hall–Kier alpha value is -1.94. The van der Waals surface area contributed by atoms with E-state index in [9.17, 15) is 13.6 Å². The van der Waals surface area contributed by atoms with Gasteiger partial charge in [0, 0.05) is 16.1 Å². The monoisotopic (exact) mass is 282 g/mol. The molecule has 0 bridgehead atoms. The van der Waals surface area contributed by atoms with Crippen molar-refractivity contribution in [1.82, 2.24) is 0 Å². The molecule has 0 radical (unpaired) electrons. The number of aliphatic carboxylic acids is 1. The first-order valence-electron chi connectivity index (χ1n) is 5.43. The topological polar surface area (TPSA) is 37.3 Å². The third-order valence-corrected chi connectivity index (χ3v) is 2.85. The van der Waals surface area contributed by atoms with Crippen molar-refractivity contribution < 1.29 is 18.7 Å². The van der Waals surface area contributed by atoms with Gasteiger partial charge in [0.15, 0.2) is 0 Å². The van der Waals surface area contributed by atoms with Crippen LogP contribution in [0.4, 0.5) is 8.78 Å². The highest BCUT2D eigenvalue weighted by molar-refractivity contribution is 6.30. The molecule has 2 aromatic carbocycles. The van der Waals surface area contributed by atoms with E-state index < -0.39 is 17.6 Å². The zero-order valence-corrected chi connectivity index (χ0v) is 10.4. The van der Waals surface area contributed by atoms with Gasteiger partial charge in [-0.2, -0.15) is 0 Å². The number of carbonyl (C=O) groups is 1. The predicted octanol–water partition coefficient (Wildman–Crippen LogP) is 3.91. The van der Waals surface area contributed by atoms with Crippen LogP contribution in [-0.2, 0) is 11.2 Å². The Morgan fingerprint density at radius 1 is 1.05 bits per heavy atom. The number of hydrogen-bond donors (Lipinski definition) is 1. The van der Waals surface area contributed by atoms with Gasteiger partial charge in [-0.25, -0.2) is 8.78 Å². The zero-order valence-electron chi connectivity index (χ0n) is 9.66. The van der Waals surface area contributed by atoms with Crippen LogP contribution in [0.2, 0.25) is 5.02 Å². The van der Waals surface area contributed by atoms with Crippen molar-refractivity contribution in [3.63, 3.8) is 0 Å². The van der Waals surface area contributed by atoms with E-state index in [1.807, 2.05) is 0 Å². The second kappa shape index (κ2) is 5.36. The Bertz CT molecular complexity index is 641. The molecular weight excluding hydrogens is 274 g/mol. The summed E-state index contributed by atoms with van der Waals surface area (Å²) in [4.78, 5) is 10.5. The summed E-state index contributed by atoms with van der Waals surface area (Å²) in [7, 11) is 0. The molecule has 1 N–H and O–H groups in total. The molecule has 0 aliphatic carbocycles. The second-order valence-electron chi connectivity index (χ2n) is 4.01. The van der Waals surface area contributed by atoms with Gasteiger partial charge in [0.05, 0.1) is 6.42 Å².